The predicted molar refractivity (Wildman–Crippen MR) is 79.2 cm³/mol. The maximum absolute atomic E-state index is 12.2. The van der Waals surface area contributed by atoms with Gasteiger partial charge in [0.1, 0.15) is 11.9 Å². The Morgan fingerprint density at radius 2 is 2.26 bits per heavy atom. The average molecular weight is 285 g/mol. The second kappa shape index (κ2) is 6.78. The van der Waals surface area contributed by atoms with Crippen LogP contribution in [0.2, 0.25) is 0 Å². The number of rotatable bonds is 3. The summed E-state index contributed by atoms with van der Waals surface area (Å²) < 4.78 is 5.78. The Balaban J connectivity index is 0.00000180. The van der Waals surface area contributed by atoms with E-state index in [0.29, 0.717) is 19.5 Å². The molecule has 1 aromatic carbocycles. The van der Waals surface area contributed by atoms with Crippen LogP contribution in [-0.4, -0.2) is 25.1 Å². The smallest absolute Gasteiger partial charge is 0.227 e. The van der Waals surface area contributed by atoms with E-state index >= 15 is 0 Å². The van der Waals surface area contributed by atoms with Crippen LogP contribution in [0, 0.1) is 6.92 Å². The van der Waals surface area contributed by atoms with Gasteiger partial charge in [-0.3, -0.25) is 4.79 Å². The Kier molecular flexibility index (Phi) is 5.63. The molecule has 0 fully saturated rings. The van der Waals surface area contributed by atoms with Crippen molar-refractivity contribution in [2.75, 3.05) is 18.0 Å². The van der Waals surface area contributed by atoms with Gasteiger partial charge in [-0.1, -0.05) is 6.07 Å². The highest BCUT2D eigenvalue weighted by molar-refractivity contribution is 5.95. The Labute approximate surface area is 120 Å². The molecule has 1 aromatic rings. The number of carbonyl (C=O) groups is 1. The number of amides is 1. The highest BCUT2D eigenvalue weighted by atomic mass is 35.5. The first-order valence-corrected chi connectivity index (χ1v) is 6.39. The molecule has 1 unspecified atom stereocenters. The number of benzene rings is 1. The molecule has 5 heteroatoms. The predicted octanol–water partition coefficient (Wildman–Crippen LogP) is 2.27. The fourth-order valence-corrected chi connectivity index (χ4v) is 2.17. The number of ether oxygens (including phenoxy) is 1. The summed E-state index contributed by atoms with van der Waals surface area (Å²) in [6, 6.07) is 5.94. The van der Waals surface area contributed by atoms with Gasteiger partial charge >= 0.3 is 0 Å². The van der Waals surface area contributed by atoms with Crippen LogP contribution in [0.1, 0.15) is 25.3 Å². The fraction of sp³-hybridized carbons (Fsp3) is 0.500. The number of anilines is 1. The first-order valence-electron chi connectivity index (χ1n) is 6.39. The number of hydrogen-bond donors (Lipinski definition) is 1. The number of fused-ring (bicyclic) bond motifs is 1. The molecule has 0 spiro atoms. The molecule has 0 saturated heterocycles. The van der Waals surface area contributed by atoms with Crippen molar-refractivity contribution in [3.8, 4) is 5.75 Å². The van der Waals surface area contributed by atoms with Gasteiger partial charge in [0, 0.05) is 6.42 Å². The average Bonchev–Trinajstić information content (AvgIpc) is 2.34. The lowest BCUT2D eigenvalue weighted by Crippen LogP contribution is -2.42. The number of halogens is 1. The maximum atomic E-state index is 12.2. The van der Waals surface area contributed by atoms with Gasteiger partial charge in [-0.25, -0.2) is 0 Å². The van der Waals surface area contributed by atoms with Crippen LogP contribution in [0.25, 0.3) is 0 Å². The van der Waals surface area contributed by atoms with Gasteiger partial charge in [0.25, 0.3) is 0 Å². The lowest BCUT2D eigenvalue weighted by atomic mass is 10.1. The lowest BCUT2D eigenvalue weighted by molar-refractivity contribution is -0.119. The van der Waals surface area contributed by atoms with E-state index < -0.39 is 0 Å². The second-order valence-corrected chi connectivity index (χ2v) is 4.80. The first kappa shape index (κ1) is 15.8. The summed E-state index contributed by atoms with van der Waals surface area (Å²) in [5.41, 5.74) is 7.46. The third kappa shape index (κ3) is 3.61. The van der Waals surface area contributed by atoms with Crippen molar-refractivity contribution in [3.63, 3.8) is 0 Å². The largest absolute Gasteiger partial charge is 0.487 e. The van der Waals surface area contributed by atoms with Gasteiger partial charge in [-0.15, -0.1) is 12.4 Å². The van der Waals surface area contributed by atoms with E-state index in [2.05, 4.69) is 0 Å². The molecule has 0 saturated carbocycles. The van der Waals surface area contributed by atoms with Gasteiger partial charge in [0.2, 0.25) is 5.91 Å². The molecule has 1 heterocycles. The van der Waals surface area contributed by atoms with Crippen LogP contribution >= 0.6 is 12.4 Å². The minimum atomic E-state index is 0. The summed E-state index contributed by atoms with van der Waals surface area (Å²) in [5, 5.41) is 0. The minimum absolute atomic E-state index is 0. The maximum Gasteiger partial charge on any atom is 0.227 e. The number of nitrogens with two attached hydrogens (primary N) is 1. The van der Waals surface area contributed by atoms with E-state index in [1.54, 1.807) is 0 Å². The number of hydrogen-bond acceptors (Lipinski definition) is 3. The van der Waals surface area contributed by atoms with Crippen molar-refractivity contribution < 1.29 is 9.53 Å². The number of aryl methyl sites for hydroxylation is 1. The van der Waals surface area contributed by atoms with Crippen molar-refractivity contribution in [3.05, 3.63) is 23.8 Å². The molecule has 0 radical (unpaired) electrons. The number of carbonyl (C=O) groups excluding carboxylic acids is 1. The zero-order valence-corrected chi connectivity index (χ0v) is 12.2. The molecule has 1 aliphatic rings. The Morgan fingerprint density at radius 1 is 1.53 bits per heavy atom. The Hall–Kier alpha value is -1.26. The van der Waals surface area contributed by atoms with Crippen molar-refractivity contribution in [1.29, 1.82) is 0 Å². The molecule has 1 aliphatic heterocycles. The van der Waals surface area contributed by atoms with E-state index in [1.165, 1.54) is 0 Å². The topological polar surface area (TPSA) is 55.6 Å². The molecule has 106 valence electrons. The summed E-state index contributed by atoms with van der Waals surface area (Å²) >= 11 is 0. The van der Waals surface area contributed by atoms with Crippen LogP contribution in [0.4, 0.5) is 5.69 Å². The minimum Gasteiger partial charge on any atom is -0.487 e. The summed E-state index contributed by atoms with van der Waals surface area (Å²) in [6.07, 6.45) is 1.25. The zero-order valence-electron chi connectivity index (χ0n) is 11.4. The lowest BCUT2D eigenvalue weighted by Gasteiger charge is -2.33. The molecule has 0 aliphatic carbocycles. The van der Waals surface area contributed by atoms with E-state index in [-0.39, 0.29) is 24.4 Å². The van der Waals surface area contributed by atoms with Gasteiger partial charge in [0.15, 0.2) is 0 Å². The van der Waals surface area contributed by atoms with Gasteiger partial charge in [-0.2, -0.15) is 0 Å². The third-order valence-electron chi connectivity index (χ3n) is 3.07. The van der Waals surface area contributed by atoms with Crippen LogP contribution in [0.3, 0.4) is 0 Å². The number of nitrogens with zero attached hydrogens (tertiary/aromatic N) is 1. The molecular weight excluding hydrogens is 264 g/mol. The molecule has 2 rings (SSSR count). The molecule has 1 atom stereocenters. The van der Waals surface area contributed by atoms with E-state index in [9.17, 15) is 4.79 Å². The highest BCUT2D eigenvalue weighted by Crippen LogP contribution is 2.34. The van der Waals surface area contributed by atoms with Crippen LogP contribution in [0.15, 0.2) is 18.2 Å². The SMILES string of the molecule is Cc1ccc2c(c1)OC(C)CN2C(=O)CCCN.Cl. The molecule has 2 N–H and O–H groups in total. The molecule has 0 aromatic heterocycles. The van der Waals surface area contributed by atoms with Crippen molar-refractivity contribution >= 4 is 24.0 Å². The highest BCUT2D eigenvalue weighted by Gasteiger charge is 2.26. The summed E-state index contributed by atoms with van der Waals surface area (Å²) in [4.78, 5) is 14.0. The third-order valence-corrected chi connectivity index (χ3v) is 3.07. The fourth-order valence-electron chi connectivity index (χ4n) is 2.17. The van der Waals surface area contributed by atoms with E-state index in [4.69, 9.17) is 10.5 Å². The van der Waals surface area contributed by atoms with E-state index in [0.717, 1.165) is 23.4 Å². The van der Waals surface area contributed by atoms with Crippen LogP contribution in [-0.2, 0) is 4.79 Å². The monoisotopic (exact) mass is 284 g/mol. The molecule has 19 heavy (non-hydrogen) atoms. The Morgan fingerprint density at radius 3 is 2.95 bits per heavy atom. The normalized spacial score (nSPS) is 17.2. The second-order valence-electron chi connectivity index (χ2n) is 4.80. The molecule has 4 nitrogen and oxygen atoms in total. The summed E-state index contributed by atoms with van der Waals surface area (Å²) in [6.45, 7) is 5.16. The first-order chi connectivity index (χ1) is 8.61. The molecular formula is C14H21ClN2O2. The quantitative estimate of drug-likeness (QED) is 0.926. The van der Waals surface area contributed by atoms with Gasteiger partial charge in [0.05, 0.1) is 12.2 Å². The van der Waals surface area contributed by atoms with Crippen LogP contribution < -0.4 is 15.4 Å². The summed E-state index contributed by atoms with van der Waals surface area (Å²) in [5.74, 6) is 0.926. The van der Waals surface area contributed by atoms with Crippen molar-refractivity contribution in [2.45, 2.75) is 32.8 Å². The van der Waals surface area contributed by atoms with Gasteiger partial charge in [-0.05, 0) is 44.5 Å². The van der Waals surface area contributed by atoms with Gasteiger partial charge < -0.3 is 15.4 Å². The van der Waals surface area contributed by atoms with Crippen molar-refractivity contribution in [1.82, 2.24) is 0 Å². The van der Waals surface area contributed by atoms with Crippen molar-refractivity contribution in [2.24, 2.45) is 5.73 Å². The van der Waals surface area contributed by atoms with E-state index in [1.807, 2.05) is 36.9 Å². The van der Waals surface area contributed by atoms with Crippen LogP contribution in [0.5, 0.6) is 5.75 Å². The standard InChI is InChI=1S/C14H20N2O2.ClH/c1-10-5-6-12-13(8-10)18-11(2)9-16(12)14(17)4-3-7-15;/h5-6,8,11H,3-4,7,9,15H2,1-2H3;1H. The zero-order chi connectivity index (χ0) is 13.1. The summed E-state index contributed by atoms with van der Waals surface area (Å²) in [7, 11) is 0. The Bertz CT molecular complexity index is 451. The molecule has 1 amide bonds. The molecule has 0 bridgehead atoms.